The minimum Gasteiger partial charge on any atom is -0.323 e. The molecule has 1 aromatic rings. The van der Waals surface area contributed by atoms with Crippen LogP contribution in [0.5, 0.6) is 0 Å². The molecule has 0 amide bonds. The molecule has 0 saturated carbocycles. The first-order chi connectivity index (χ1) is 6.00. The fourth-order valence-electron chi connectivity index (χ4n) is 2.06. The second-order valence-corrected chi connectivity index (χ2v) is 4.92. The minimum absolute atomic E-state index is 0.173. The van der Waals surface area contributed by atoms with Gasteiger partial charge in [0.15, 0.2) is 0 Å². The molecule has 2 N–H and O–H groups in total. The fourth-order valence-corrected chi connectivity index (χ4v) is 2.06. The molecule has 0 aromatic carbocycles. The van der Waals surface area contributed by atoms with Crippen LogP contribution in [0.25, 0.3) is 0 Å². The molecule has 1 aliphatic heterocycles. The zero-order valence-electron chi connectivity index (χ0n) is 8.49. The van der Waals surface area contributed by atoms with E-state index < -0.39 is 0 Å². The smallest absolute Gasteiger partial charge is 0.0590 e. The van der Waals surface area contributed by atoms with Gasteiger partial charge < -0.3 is 5.73 Å². The van der Waals surface area contributed by atoms with Gasteiger partial charge in [-0.2, -0.15) is 5.10 Å². The average Bonchev–Trinajstić information content (AvgIpc) is 2.51. The van der Waals surface area contributed by atoms with Crippen molar-refractivity contribution in [2.75, 3.05) is 0 Å². The average molecular weight is 179 g/mol. The highest BCUT2D eigenvalue weighted by molar-refractivity contribution is 5.14. The molecule has 0 radical (unpaired) electrons. The minimum atomic E-state index is 0.173. The Morgan fingerprint density at radius 1 is 1.54 bits per heavy atom. The van der Waals surface area contributed by atoms with E-state index in [1.54, 1.807) is 0 Å². The zero-order valence-corrected chi connectivity index (χ0v) is 8.49. The van der Waals surface area contributed by atoms with Crippen molar-refractivity contribution in [3.63, 3.8) is 0 Å². The maximum atomic E-state index is 6.02. The summed E-state index contributed by atoms with van der Waals surface area (Å²) >= 11 is 0. The van der Waals surface area contributed by atoms with Crippen molar-refractivity contribution in [3.05, 3.63) is 18.0 Å². The standard InChI is InChI=1S/C10H17N3/c1-10(2,3)9-6-7(11)8-4-5-12-13(8)9/h4-5,7,9H,6,11H2,1-3H3/t7-,9?/m0/s1. The number of nitrogens with zero attached hydrogens (tertiary/aromatic N) is 2. The van der Waals surface area contributed by atoms with Crippen molar-refractivity contribution in [1.82, 2.24) is 9.78 Å². The van der Waals surface area contributed by atoms with Gasteiger partial charge in [-0.25, -0.2) is 0 Å². The highest BCUT2D eigenvalue weighted by Crippen LogP contribution is 2.42. The molecule has 2 atom stereocenters. The summed E-state index contributed by atoms with van der Waals surface area (Å²) in [6, 6.07) is 2.65. The Bertz CT molecular complexity index is 308. The van der Waals surface area contributed by atoms with E-state index in [1.807, 2.05) is 12.3 Å². The third-order valence-corrected chi connectivity index (χ3v) is 2.85. The number of nitrogens with two attached hydrogens (primary N) is 1. The largest absolute Gasteiger partial charge is 0.323 e. The van der Waals surface area contributed by atoms with Crippen LogP contribution in [0.2, 0.25) is 0 Å². The summed E-state index contributed by atoms with van der Waals surface area (Å²) in [6.45, 7) is 6.71. The van der Waals surface area contributed by atoms with Crippen LogP contribution < -0.4 is 5.73 Å². The monoisotopic (exact) mass is 179 g/mol. The highest BCUT2D eigenvalue weighted by Gasteiger charge is 2.36. The van der Waals surface area contributed by atoms with E-state index in [2.05, 4.69) is 30.6 Å². The lowest BCUT2D eigenvalue weighted by molar-refractivity contribution is 0.230. The summed E-state index contributed by atoms with van der Waals surface area (Å²) in [7, 11) is 0. The molecule has 3 heteroatoms. The Morgan fingerprint density at radius 3 is 2.85 bits per heavy atom. The molecular weight excluding hydrogens is 162 g/mol. The van der Waals surface area contributed by atoms with Crippen LogP contribution in [0.3, 0.4) is 0 Å². The summed E-state index contributed by atoms with van der Waals surface area (Å²) in [6.07, 6.45) is 2.86. The topological polar surface area (TPSA) is 43.8 Å². The lowest BCUT2D eigenvalue weighted by Gasteiger charge is -2.27. The predicted molar refractivity (Wildman–Crippen MR) is 52.3 cm³/mol. The Kier molecular flexibility index (Phi) is 1.74. The lowest BCUT2D eigenvalue weighted by atomic mass is 9.85. The Morgan fingerprint density at radius 2 is 2.23 bits per heavy atom. The number of fused-ring (bicyclic) bond motifs is 1. The van der Waals surface area contributed by atoms with Crippen molar-refractivity contribution in [3.8, 4) is 0 Å². The maximum absolute atomic E-state index is 6.02. The van der Waals surface area contributed by atoms with E-state index in [0.717, 1.165) is 6.42 Å². The number of aromatic nitrogens is 2. The lowest BCUT2D eigenvalue weighted by Crippen LogP contribution is -2.22. The van der Waals surface area contributed by atoms with Crippen molar-refractivity contribution in [1.29, 1.82) is 0 Å². The number of hydrogen-bond acceptors (Lipinski definition) is 2. The van der Waals surface area contributed by atoms with E-state index in [1.165, 1.54) is 5.69 Å². The second kappa shape index (κ2) is 2.58. The number of rotatable bonds is 0. The Labute approximate surface area is 78.9 Å². The first-order valence-corrected chi connectivity index (χ1v) is 4.79. The highest BCUT2D eigenvalue weighted by atomic mass is 15.3. The molecule has 0 fully saturated rings. The quantitative estimate of drug-likeness (QED) is 0.660. The van der Waals surface area contributed by atoms with Gasteiger partial charge in [0, 0.05) is 12.2 Å². The van der Waals surface area contributed by atoms with Gasteiger partial charge in [0.25, 0.3) is 0 Å². The third-order valence-electron chi connectivity index (χ3n) is 2.85. The van der Waals surface area contributed by atoms with Crippen LogP contribution in [0.15, 0.2) is 12.3 Å². The Balaban J connectivity index is 2.39. The third kappa shape index (κ3) is 1.27. The van der Waals surface area contributed by atoms with E-state index in [0.29, 0.717) is 6.04 Å². The Hall–Kier alpha value is -0.830. The molecule has 0 spiro atoms. The molecule has 2 heterocycles. The fraction of sp³-hybridized carbons (Fsp3) is 0.700. The van der Waals surface area contributed by atoms with Gasteiger partial charge in [-0.15, -0.1) is 0 Å². The molecule has 0 saturated heterocycles. The molecule has 1 unspecified atom stereocenters. The summed E-state index contributed by atoms with van der Waals surface area (Å²) in [5.41, 5.74) is 7.44. The molecule has 3 nitrogen and oxygen atoms in total. The van der Waals surface area contributed by atoms with Gasteiger partial charge >= 0.3 is 0 Å². The van der Waals surface area contributed by atoms with Crippen molar-refractivity contribution < 1.29 is 0 Å². The first kappa shape index (κ1) is 8.75. The summed E-state index contributed by atoms with van der Waals surface area (Å²) in [5, 5.41) is 4.33. The van der Waals surface area contributed by atoms with Gasteiger partial charge in [-0.1, -0.05) is 20.8 Å². The molecule has 0 aliphatic carbocycles. The normalized spacial score (nSPS) is 27.7. The maximum Gasteiger partial charge on any atom is 0.0590 e. The molecular formula is C10H17N3. The molecule has 2 rings (SSSR count). The molecule has 1 aliphatic rings. The second-order valence-electron chi connectivity index (χ2n) is 4.92. The molecule has 1 aromatic heterocycles. The van der Waals surface area contributed by atoms with Crippen molar-refractivity contribution >= 4 is 0 Å². The van der Waals surface area contributed by atoms with Gasteiger partial charge in [-0.3, -0.25) is 4.68 Å². The van der Waals surface area contributed by atoms with Gasteiger partial charge in [0.2, 0.25) is 0 Å². The predicted octanol–water partition coefficient (Wildman–Crippen LogP) is 1.87. The summed E-state index contributed by atoms with van der Waals surface area (Å²) < 4.78 is 2.09. The van der Waals surface area contributed by atoms with E-state index in [4.69, 9.17) is 5.73 Å². The van der Waals surface area contributed by atoms with Gasteiger partial charge in [0.1, 0.15) is 0 Å². The van der Waals surface area contributed by atoms with Crippen LogP contribution in [-0.4, -0.2) is 9.78 Å². The van der Waals surface area contributed by atoms with Crippen LogP contribution in [0, 0.1) is 5.41 Å². The molecule has 72 valence electrons. The summed E-state index contributed by atoms with van der Waals surface area (Å²) in [5.74, 6) is 0. The SMILES string of the molecule is CC(C)(C)C1C[C@H](N)c2ccnn21. The number of hydrogen-bond donors (Lipinski definition) is 1. The van der Waals surface area contributed by atoms with E-state index in [-0.39, 0.29) is 11.5 Å². The van der Waals surface area contributed by atoms with Gasteiger partial charge in [-0.05, 0) is 17.9 Å². The van der Waals surface area contributed by atoms with E-state index >= 15 is 0 Å². The zero-order chi connectivity index (χ0) is 9.64. The molecule has 13 heavy (non-hydrogen) atoms. The van der Waals surface area contributed by atoms with Crippen LogP contribution in [-0.2, 0) is 0 Å². The summed E-state index contributed by atoms with van der Waals surface area (Å²) in [4.78, 5) is 0. The van der Waals surface area contributed by atoms with Gasteiger partial charge in [0.05, 0.1) is 11.7 Å². The van der Waals surface area contributed by atoms with Crippen molar-refractivity contribution in [2.24, 2.45) is 11.1 Å². The molecule has 0 bridgehead atoms. The first-order valence-electron chi connectivity index (χ1n) is 4.79. The van der Waals surface area contributed by atoms with Crippen LogP contribution >= 0.6 is 0 Å². The van der Waals surface area contributed by atoms with E-state index in [9.17, 15) is 0 Å². The van der Waals surface area contributed by atoms with Crippen LogP contribution in [0.4, 0.5) is 0 Å². The van der Waals surface area contributed by atoms with Crippen molar-refractivity contribution in [2.45, 2.75) is 39.3 Å². The van der Waals surface area contributed by atoms with Crippen LogP contribution in [0.1, 0.15) is 45.0 Å².